The van der Waals surface area contributed by atoms with Gasteiger partial charge in [0.05, 0.1) is 4.90 Å². The van der Waals surface area contributed by atoms with E-state index in [0.29, 0.717) is 17.4 Å². The Morgan fingerprint density at radius 3 is 2.20 bits per heavy atom. The largest absolute Gasteiger partial charge is 0.339 e. The number of sulfonamides is 1. The molecule has 1 aliphatic heterocycles. The van der Waals surface area contributed by atoms with Crippen LogP contribution in [0.5, 0.6) is 0 Å². The minimum Gasteiger partial charge on any atom is -0.339 e. The second kappa shape index (κ2) is 9.31. The SMILES string of the molecule is Cc1ccc(C(=O)N2CCC(CCNS(=O)(=O)c3cc(C)c(C)cc3C)CC2)cc1. The van der Waals surface area contributed by atoms with Crippen molar-refractivity contribution in [2.24, 2.45) is 5.92 Å². The molecule has 1 N–H and O–H groups in total. The molecular formula is C24H32N2O3S. The molecule has 0 radical (unpaired) electrons. The molecule has 0 atom stereocenters. The molecule has 1 heterocycles. The molecule has 6 heteroatoms. The summed E-state index contributed by atoms with van der Waals surface area (Å²) in [6, 6.07) is 11.4. The number of hydrogen-bond acceptors (Lipinski definition) is 3. The third kappa shape index (κ3) is 5.29. The molecule has 1 aliphatic rings. The zero-order valence-electron chi connectivity index (χ0n) is 18.4. The molecule has 1 saturated heterocycles. The first-order chi connectivity index (χ1) is 14.2. The molecular weight excluding hydrogens is 396 g/mol. The molecule has 1 fully saturated rings. The highest BCUT2D eigenvalue weighted by Gasteiger charge is 2.24. The number of nitrogens with one attached hydrogen (secondary N) is 1. The third-order valence-electron chi connectivity index (χ3n) is 6.13. The predicted molar refractivity (Wildman–Crippen MR) is 120 cm³/mol. The Balaban J connectivity index is 1.49. The molecule has 5 nitrogen and oxygen atoms in total. The van der Waals surface area contributed by atoms with Crippen LogP contribution in [0.25, 0.3) is 0 Å². The normalized spacial score (nSPS) is 15.4. The molecule has 3 rings (SSSR count). The molecule has 162 valence electrons. The van der Waals surface area contributed by atoms with Crippen LogP contribution in [-0.4, -0.2) is 38.9 Å². The van der Waals surface area contributed by atoms with Crippen LogP contribution in [0.1, 0.15) is 51.9 Å². The lowest BCUT2D eigenvalue weighted by molar-refractivity contribution is 0.0687. The van der Waals surface area contributed by atoms with Gasteiger partial charge >= 0.3 is 0 Å². The summed E-state index contributed by atoms with van der Waals surface area (Å²) in [5.41, 5.74) is 4.72. The zero-order chi connectivity index (χ0) is 21.9. The first kappa shape index (κ1) is 22.5. The summed E-state index contributed by atoms with van der Waals surface area (Å²) < 4.78 is 28.2. The van der Waals surface area contributed by atoms with Crippen molar-refractivity contribution in [3.05, 3.63) is 64.2 Å². The Kier molecular flexibility index (Phi) is 6.98. The van der Waals surface area contributed by atoms with Crippen LogP contribution in [-0.2, 0) is 10.0 Å². The second-order valence-electron chi connectivity index (χ2n) is 8.49. The Morgan fingerprint density at radius 1 is 0.967 bits per heavy atom. The van der Waals surface area contributed by atoms with Crippen LogP contribution >= 0.6 is 0 Å². The fourth-order valence-electron chi connectivity index (χ4n) is 4.00. The number of nitrogens with zero attached hydrogens (tertiary/aromatic N) is 1. The van der Waals surface area contributed by atoms with E-state index in [-0.39, 0.29) is 5.91 Å². The smallest absolute Gasteiger partial charge is 0.253 e. The lowest BCUT2D eigenvalue weighted by Crippen LogP contribution is -2.39. The summed E-state index contributed by atoms with van der Waals surface area (Å²) in [7, 11) is -3.51. The summed E-state index contributed by atoms with van der Waals surface area (Å²) >= 11 is 0. The van der Waals surface area contributed by atoms with Gasteiger partial charge in [-0.05, 0) is 87.8 Å². The minimum absolute atomic E-state index is 0.0827. The van der Waals surface area contributed by atoms with E-state index in [1.165, 1.54) is 0 Å². The van der Waals surface area contributed by atoms with Gasteiger partial charge in [0, 0.05) is 25.2 Å². The maximum atomic E-state index is 12.7. The number of carbonyl (C=O) groups is 1. The van der Waals surface area contributed by atoms with Gasteiger partial charge in [-0.2, -0.15) is 0 Å². The van der Waals surface area contributed by atoms with Gasteiger partial charge in [-0.25, -0.2) is 13.1 Å². The van der Waals surface area contributed by atoms with Gasteiger partial charge in [-0.1, -0.05) is 23.8 Å². The molecule has 1 amide bonds. The fraction of sp³-hybridized carbons (Fsp3) is 0.458. The number of piperidine rings is 1. The van der Waals surface area contributed by atoms with Gasteiger partial charge in [-0.15, -0.1) is 0 Å². The van der Waals surface area contributed by atoms with Gasteiger partial charge in [0.2, 0.25) is 10.0 Å². The molecule has 0 bridgehead atoms. The highest BCUT2D eigenvalue weighted by molar-refractivity contribution is 7.89. The highest BCUT2D eigenvalue weighted by Crippen LogP contribution is 2.23. The molecule has 0 unspecified atom stereocenters. The molecule has 0 aromatic heterocycles. The molecule has 2 aromatic rings. The van der Waals surface area contributed by atoms with Gasteiger partial charge in [0.15, 0.2) is 0 Å². The van der Waals surface area contributed by atoms with Gasteiger partial charge < -0.3 is 4.90 Å². The van der Waals surface area contributed by atoms with Gasteiger partial charge in [-0.3, -0.25) is 4.79 Å². The van der Waals surface area contributed by atoms with Crippen molar-refractivity contribution >= 4 is 15.9 Å². The number of hydrogen-bond donors (Lipinski definition) is 1. The number of aryl methyl sites for hydroxylation is 4. The Bertz CT molecular complexity index is 1010. The van der Waals surface area contributed by atoms with Crippen LogP contribution in [0, 0.1) is 33.6 Å². The van der Waals surface area contributed by atoms with Crippen molar-refractivity contribution in [3.63, 3.8) is 0 Å². The maximum Gasteiger partial charge on any atom is 0.253 e. The summed E-state index contributed by atoms with van der Waals surface area (Å²) in [6.07, 6.45) is 2.60. The average Bonchev–Trinajstić information content (AvgIpc) is 2.71. The van der Waals surface area contributed by atoms with Crippen LogP contribution < -0.4 is 4.72 Å². The number of rotatable bonds is 6. The fourth-order valence-corrected chi connectivity index (χ4v) is 5.36. The van der Waals surface area contributed by atoms with Crippen LogP contribution in [0.2, 0.25) is 0 Å². The van der Waals surface area contributed by atoms with E-state index in [1.54, 1.807) is 6.07 Å². The second-order valence-corrected chi connectivity index (χ2v) is 10.2. The van der Waals surface area contributed by atoms with Crippen molar-refractivity contribution < 1.29 is 13.2 Å². The Morgan fingerprint density at radius 2 is 1.57 bits per heavy atom. The van der Waals surface area contributed by atoms with Crippen molar-refractivity contribution in [3.8, 4) is 0 Å². The first-order valence-electron chi connectivity index (χ1n) is 10.6. The van der Waals surface area contributed by atoms with E-state index in [4.69, 9.17) is 0 Å². The monoisotopic (exact) mass is 428 g/mol. The Hall–Kier alpha value is -2.18. The highest BCUT2D eigenvalue weighted by atomic mass is 32.2. The first-order valence-corrected chi connectivity index (χ1v) is 12.1. The van der Waals surface area contributed by atoms with Crippen LogP contribution in [0.15, 0.2) is 41.3 Å². The minimum atomic E-state index is -3.51. The molecule has 0 aliphatic carbocycles. The van der Waals surface area contributed by atoms with E-state index >= 15 is 0 Å². The van der Waals surface area contributed by atoms with Crippen molar-refractivity contribution in [1.82, 2.24) is 9.62 Å². The van der Waals surface area contributed by atoms with Crippen molar-refractivity contribution in [2.45, 2.75) is 51.9 Å². The summed E-state index contributed by atoms with van der Waals surface area (Å²) in [4.78, 5) is 14.9. The third-order valence-corrected chi connectivity index (χ3v) is 7.73. The Labute approximate surface area is 180 Å². The van der Waals surface area contributed by atoms with E-state index in [2.05, 4.69) is 4.72 Å². The molecule has 30 heavy (non-hydrogen) atoms. The zero-order valence-corrected chi connectivity index (χ0v) is 19.2. The maximum absolute atomic E-state index is 12.7. The molecule has 0 saturated carbocycles. The van der Waals surface area contributed by atoms with Crippen molar-refractivity contribution in [1.29, 1.82) is 0 Å². The molecule has 2 aromatic carbocycles. The van der Waals surface area contributed by atoms with E-state index in [9.17, 15) is 13.2 Å². The lowest BCUT2D eigenvalue weighted by atomic mass is 9.93. The van der Waals surface area contributed by atoms with Gasteiger partial charge in [0.25, 0.3) is 5.91 Å². The van der Waals surface area contributed by atoms with Crippen LogP contribution in [0.3, 0.4) is 0 Å². The topological polar surface area (TPSA) is 66.5 Å². The van der Waals surface area contributed by atoms with Crippen molar-refractivity contribution in [2.75, 3.05) is 19.6 Å². The number of amides is 1. The number of carbonyl (C=O) groups excluding carboxylic acids is 1. The number of benzene rings is 2. The quantitative estimate of drug-likeness (QED) is 0.752. The lowest BCUT2D eigenvalue weighted by Gasteiger charge is -2.32. The average molecular weight is 429 g/mol. The van der Waals surface area contributed by atoms with E-state index < -0.39 is 10.0 Å². The van der Waals surface area contributed by atoms with E-state index in [1.807, 2.05) is 62.9 Å². The number of likely N-dealkylation sites (tertiary alicyclic amines) is 1. The predicted octanol–water partition coefficient (Wildman–Crippen LogP) is 4.14. The molecule has 0 spiro atoms. The summed E-state index contributed by atoms with van der Waals surface area (Å²) in [5, 5.41) is 0. The summed E-state index contributed by atoms with van der Waals surface area (Å²) in [5.74, 6) is 0.509. The van der Waals surface area contributed by atoms with Gasteiger partial charge in [0.1, 0.15) is 0 Å². The van der Waals surface area contributed by atoms with E-state index in [0.717, 1.165) is 60.2 Å². The summed E-state index contributed by atoms with van der Waals surface area (Å²) in [6.45, 7) is 9.63. The standard InChI is InChI=1S/C24H32N2O3S/c1-17-5-7-22(8-6-17)24(27)26-13-10-21(11-14-26)9-12-25-30(28,29)23-16-19(3)18(2)15-20(23)4/h5-8,15-16,21,25H,9-14H2,1-4H3. The van der Waals surface area contributed by atoms with Crippen LogP contribution in [0.4, 0.5) is 0 Å².